The van der Waals surface area contributed by atoms with E-state index >= 15 is 0 Å². The van der Waals surface area contributed by atoms with E-state index in [0.29, 0.717) is 12.3 Å². The van der Waals surface area contributed by atoms with Crippen molar-refractivity contribution in [3.63, 3.8) is 0 Å². The Hall–Kier alpha value is -1.46. The Balaban J connectivity index is 1.78. The van der Waals surface area contributed by atoms with Crippen LogP contribution in [0.15, 0.2) is 28.7 Å². The maximum Gasteiger partial charge on any atom is 0.191 e. The molecule has 1 aliphatic heterocycles. The molecular formula is C14H18FN3O. The van der Waals surface area contributed by atoms with Gasteiger partial charge in [-0.2, -0.15) is 0 Å². The summed E-state index contributed by atoms with van der Waals surface area (Å²) in [5.41, 5.74) is 1.86. The molecule has 0 saturated carbocycles. The number of hydrogen-bond acceptors (Lipinski definition) is 4. The molecule has 1 fully saturated rings. The molecule has 1 saturated heterocycles. The van der Waals surface area contributed by atoms with Crippen LogP contribution in [-0.4, -0.2) is 42.1 Å². The van der Waals surface area contributed by atoms with Gasteiger partial charge >= 0.3 is 0 Å². The van der Waals surface area contributed by atoms with Gasteiger partial charge in [0.25, 0.3) is 0 Å². The van der Waals surface area contributed by atoms with Crippen molar-refractivity contribution in [1.29, 1.82) is 0 Å². The van der Waals surface area contributed by atoms with Crippen LogP contribution in [0, 0.1) is 6.92 Å². The van der Waals surface area contributed by atoms with Crippen molar-refractivity contribution < 1.29 is 8.81 Å². The quantitative estimate of drug-likeness (QED) is 0.885. The molecule has 0 bridgehead atoms. The van der Waals surface area contributed by atoms with E-state index in [1.807, 2.05) is 13.0 Å². The Bertz CT molecular complexity index is 515. The number of aromatic nitrogens is 1. The smallest absolute Gasteiger partial charge is 0.191 e. The minimum atomic E-state index is -0.154. The van der Waals surface area contributed by atoms with Crippen molar-refractivity contribution in [2.75, 3.05) is 26.2 Å². The number of nitrogens with one attached hydrogen (secondary N) is 1. The van der Waals surface area contributed by atoms with Gasteiger partial charge in [-0.1, -0.05) is 6.08 Å². The summed E-state index contributed by atoms with van der Waals surface area (Å²) in [6.45, 7) is 5.43. The summed E-state index contributed by atoms with van der Waals surface area (Å²) < 4.78 is 19.3. The van der Waals surface area contributed by atoms with E-state index in [1.165, 1.54) is 0 Å². The molecule has 102 valence electrons. The lowest BCUT2D eigenvalue weighted by Gasteiger charge is -2.35. The van der Waals surface area contributed by atoms with Crippen molar-refractivity contribution in [3.05, 3.63) is 35.8 Å². The Morgan fingerprint density at radius 3 is 2.84 bits per heavy atom. The van der Waals surface area contributed by atoms with E-state index in [4.69, 9.17) is 4.42 Å². The molecule has 4 nitrogen and oxygen atoms in total. The van der Waals surface area contributed by atoms with Crippen LogP contribution in [0.1, 0.15) is 18.0 Å². The highest BCUT2D eigenvalue weighted by atomic mass is 19.1. The molecule has 1 atom stereocenters. The standard InChI is InChI=1S/C14H18FN3O/c1-10-17-13(9-19-10)11-2-3-12(15)14(8-11)18-6-4-16-5-7-18/h2-3,9,14,16H,4-8H2,1H3. The number of rotatable bonds is 2. The molecule has 5 heteroatoms. The number of hydrogen-bond donors (Lipinski definition) is 1. The first-order chi connectivity index (χ1) is 9.24. The van der Waals surface area contributed by atoms with Gasteiger partial charge in [-0.3, -0.25) is 4.90 Å². The van der Waals surface area contributed by atoms with Crippen LogP contribution in [0.2, 0.25) is 0 Å². The Labute approximate surface area is 112 Å². The number of piperazine rings is 1. The van der Waals surface area contributed by atoms with Gasteiger partial charge in [-0.15, -0.1) is 0 Å². The van der Waals surface area contributed by atoms with Crippen molar-refractivity contribution in [1.82, 2.24) is 15.2 Å². The van der Waals surface area contributed by atoms with Crippen LogP contribution in [-0.2, 0) is 0 Å². The molecule has 1 N–H and O–H groups in total. The van der Waals surface area contributed by atoms with Gasteiger partial charge in [0, 0.05) is 33.1 Å². The van der Waals surface area contributed by atoms with Gasteiger partial charge in [0.15, 0.2) is 5.89 Å². The fraction of sp³-hybridized carbons (Fsp3) is 0.500. The van der Waals surface area contributed by atoms with E-state index < -0.39 is 0 Å². The molecule has 1 aromatic rings. The summed E-state index contributed by atoms with van der Waals surface area (Å²) >= 11 is 0. The highest BCUT2D eigenvalue weighted by molar-refractivity contribution is 5.66. The first-order valence-corrected chi connectivity index (χ1v) is 6.67. The monoisotopic (exact) mass is 263 g/mol. The minimum Gasteiger partial charge on any atom is -0.449 e. The molecule has 2 aliphatic rings. The molecular weight excluding hydrogens is 245 g/mol. The third kappa shape index (κ3) is 2.62. The van der Waals surface area contributed by atoms with Crippen LogP contribution >= 0.6 is 0 Å². The van der Waals surface area contributed by atoms with Gasteiger partial charge in [-0.05, 0) is 18.1 Å². The topological polar surface area (TPSA) is 41.3 Å². The third-order valence-corrected chi connectivity index (χ3v) is 3.72. The largest absolute Gasteiger partial charge is 0.449 e. The average molecular weight is 263 g/mol. The van der Waals surface area contributed by atoms with E-state index in [-0.39, 0.29) is 11.9 Å². The number of oxazole rings is 1. The predicted molar refractivity (Wildman–Crippen MR) is 71.3 cm³/mol. The number of halogens is 1. The lowest BCUT2D eigenvalue weighted by molar-refractivity contribution is 0.178. The summed E-state index contributed by atoms with van der Waals surface area (Å²) in [7, 11) is 0. The molecule has 19 heavy (non-hydrogen) atoms. The summed E-state index contributed by atoms with van der Waals surface area (Å²) in [6.07, 6.45) is 5.68. The molecule has 0 spiro atoms. The lowest BCUT2D eigenvalue weighted by Crippen LogP contribution is -2.49. The molecule has 1 unspecified atom stereocenters. The molecule has 0 aromatic carbocycles. The molecule has 0 radical (unpaired) electrons. The summed E-state index contributed by atoms with van der Waals surface area (Å²) in [5.74, 6) is 0.593. The van der Waals surface area contributed by atoms with Crippen molar-refractivity contribution >= 4 is 5.57 Å². The van der Waals surface area contributed by atoms with Gasteiger partial charge in [0.1, 0.15) is 17.8 Å². The van der Waals surface area contributed by atoms with Gasteiger partial charge in [0.05, 0.1) is 6.04 Å². The molecule has 1 aliphatic carbocycles. The summed E-state index contributed by atoms with van der Waals surface area (Å²) in [4.78, 5) is 6.52. The Kier molecular flexibility index (Phi) is 3.48. The van der Waals surface area contributed by atoms with Crippen LogP contribution in [0.4, 0.5) is 4.39 Å². The first-order valence-electron chi connectivity index (χ1n) is 6.67. The Morgan fingerprint density at radius 2 is 2.16 bits per heavy atom. The van der Waals surface area contributed by atoms with E-state index in [1.54, 1.807) is 12.3 Å². The normalized spacial score (nSPS) is 25.1. The van der Waals surface area contributed by atoms with Crippen LogP contribution in [0.25, 0.3) is 5.57 Å². The zero-order chi connectivity index (χ0) is 13.2. The zero-order valence-corrected chi connectivity index (χ0v) is 11.0. The Morgan fingerprint density at radius 1 is 1.37 bits per heavy atom. The zero-order valence-electron chi connectivity index (χ0n) is 11.0. The maximum absolute atomic E-state index is 14.0. The summed E-state index contributed by atoms with van der Waals surface area (Å²) in [6, 6.07) is -0.154. The predicted octanol–water partition coefficient (Wildman–Crippen LogP) is 1.90. The number of allylic oxidation sites excluding steroid dienone is 2. The second kappa shape index (κ2) is 5.27. The highest BCUT2D eigenvalue weighted by Gasteiger charge is 2.28. The van der Waals surface area contributed by atoms with Gasteiger partial charge in [0.2, 0.25) is 0 Å². The first kappa shape index (κ1) is 12.6. The van der Waals surface area contributed by atoms with Gasteiger partial charge in [-0.25, -0.2) is 9.37 Å². The molecule has 0 amide bonds. The molecule has 3 rings (SSSR count). The van der Waals surface area contributed by atoms with E-state index in [9.17, 15) is 4.39 Å². The van der Waals surface area contributed by atoms with E-state index in [2.05, 4.69) is 15.2 Å². The minimum absolute atomic E-state index is 0.0501. The lowest BCUT2D eigenvalue weighted by atomic mass is 9.96. The van der Waals surface area contributed by atoms with Crippen molar-refractivity contribution in [2.24, 2.45) is 0 Å². The second-order valence-corrected chi connectivity index (χ2v) is 5.00. The number of nitrogens with zero attached hydrogens (tertiary/aromatic N) is 2. The van der Waals surface area contributed by atoms with Crippen molar-refractivity contribution in [3.8, 4) is 0 Å². The fourth-order valence-electron chi connectivity index (χ4n) is 2.66. The fourth-order valence-corrected chi connectivity index (χ4v) is 2.66. The maximum atomic E-state index is 14.0. The third-order valence-electron chi connectivity index (χ3n) is 3.72. The van der Waals surface area contributed by atoms with Crippen molar-refractivity contribution in [2.45, 2.75) is 19.4 Å². The van der Waals surface area contributed by atoms with Crippen LogP contribution < -0.4 is 5.32 Å². The van der Waals surface area contributed by atoms with Crippen LogP contribution in [0.5, 0.6) is 0 Å². The summed E-state index contributed by atoms with van der Waals surface area (Å²) in [5, 5.41) is 3.29. The SMILES string of the molecule is Cc1nc(C2=CC=C(F)C(N3CCNCC3)C2)co1. The van der Waals surface area contributed by atoms with Crippen LogP contribution in [0.3, 0.4) is 0 Å². The second-order valence-electron chi connectivity index (χ2n) is 5.00. The molecule has 2 heterocycles. The number of aryl methyl sites for hydroxylation is 1. The average Bonchev–Trinajstić information content (AvgIpc) is 2.87. The molecule has 1 aromatic heterocycles. The van der Waals surface area contributed by atoms with E-state index in [0.717, 1.165) is 37.4 Å². The highest BCUT2D eigenvalue weighted by Crippen LogP contribution is 2.30. The van der Waals surface area contributed by atoms with Gasteiger partial charge < -0.3 is 9.73 Å².